The smallest absolute Gasteiger partial charge is 0.232 e. The molecule has 4 rings (SSSR count). The molecule has 0 aromatic heterocycles. The average molecular weight is 442 g/mol. The Balaban J connectivity index is 1.95. The number of halogens is 2. The van der Waals surface area contributed by atoms with Crippen LogP contribution in [0.15, 0.2) is 47.7 Å². The number of rotatable bonds is 2. The van der Waals surface area contributed by atoms with Crippen LogP contribution >= 0.6 is 23.2 Å². The number of allylic oxidation sites excluding steroid dienone is 2. The van der Waals surface area contributed by atoms with Crippen LogP contribution in [0.1, 0.15) is 55.7 Å². The predicted octanol–water partition coefficient (Wildman–Crippen LogP) is 6.77. The van der Waals surface area contributed by atoms with Gasteiger partial charge in [0.05, 0.1) is 5.69 Å². The number of ketones is 1. The maximum atomic E-state index is 13.5. The number of benzene rings is 2. The number of Topliss-reactive ketones (excluding diaryl/α,β-unsaturated/α-hetero) is 1. The van der Waals surface area contributed by atoms with E-state index in [-0.39, 0.29) is 29.4 Å². The molecule has 0 fully saturated rings. The summed E-state index contributed by atoms with van der Waals surface area (Å²) in [4.78, 5) is 28.7. The van der Waals surface area contributed by atoms with E-state index in [1.165, 1.54) is 0 Å². The third-order valence-corrected chi connectivity index (χ3v) is 6.86. The van der Waals surface area contributed by atoms with Gasteiger partial charge in [0, 0.05) is 40.1 Å². The summed E-state index contributed by atoms with van der Waals surface area (Å²) < 4.78 is 0. The molecule has 5 heteroatoms. The molecule has 1 amide bonds. The molecule has 0 saturated heterocycles. The van der Waals surface area contributed by atoms with Crippen LogP contribution in [0.2, 0.25) is 10.0 Å². The number of hydrogen-bond donors (Lipinski definition) is 0. The van der Waals surface area contributed by atoms with Gasteiger partial charge in [0.25, 0.3) is 0 Å². The first-order chi connectivity index (χ1) is 14.1. The van der Waals surface area contributed by atoms with Crippen molar-refractivity contribution in [3.05, 3.63) is 74.4 Å². The van der Waals surface area contributed by atoms with Crippen molar-refractivity contribution < 1.29 is 9.59 Å². The summed E-state index contributed by atoms with van der Waals surface area (Å²) in [5.41, 5.74) is 5.14. The topological polar surface area (TPSA) is 37.4 Å². The highest BCUT2D eigenvalue weighted by molar-refractivity contribution is 6.35. The van der Waals surface area contributed by atoms with E-state index < -0.39 is 0 Å². The second-order valence-electron chi connectivity index (χ2n) is 9.17. The van der Waals surface area contributed by atoms with Crippen molar-refractivity contribution in [3.8, 4) is 0 Å². The van der Waals surface area contributed by atoms with Crippen LogP contribution in [-0.2, 0) is 9.59 Å². The molecule has 0 N–H and O–H groups in total. The maximum absolute atomic E-state index is 13.5. The van der Waals surface area contributed by atoms with E-state index in [1.807, 2.05) is 38.1 Å². The fourth-order valence-corrected chi connectivity index (χ4v) is 5.26. The fourth-order valence-electron chi connectivity index (χ4n) is 4.72. The van der Waals surface area contributed by atoms with Gasteiger partial charge in [0.15, 0.2) is 5.78 Å². The Kier molecular flexibility index (Phi) is 5.32. The van der Waals surface area contributed by atoms with Gasteiger partial charge < -0.3 is 0 Å². The fraction of sp³-hybridized carbons (Fsp3) is 0.360. The minimum absolute atomic E-state index is 0.0102. The van der Waals surface area contributed by atoms with Crippen molar-refractivity contribution in [2.45, 2.75) is 52.9 Å². The lowest BCUT2D eigenvalue weighted by molar-refractivity contribution is -0.121. The summed E-state index contributed by atoms with van der Waals surface area (Å²) in [5.74, 6) is -0.258. The summed E-state index contributed by atoms with van der Waals surface area (Å²) in [5, 5.41) is 1.03. The molecular formula is C25H25Cl2NO2. The van der Waals surface area contributed by atoms with Crippen LogP contribution in [-0.4, -0.2) is 11.7 Å². The maximum Gasteiger partial charge on any atom is 0.232 e. The second-order valence-corrected chi connectivity index (χ2v) is 10.0. The molecule has 0 saturated carbocycles. The van der Waals surface area contributed by atoms with Gasteiger partial charge in [0.2, 0.25) is 5.91 Å². The van der Waals surface area contributed by atoms with E-state index in [4.69, 9.17) is 23.2 Å². The van der Waals surface area contributed by atoms with Crippen molar-refractivity contribution in [2.24, 2.45) is 5.41 Å². The molecule has 0 radical (unpaired) electrons. The van der Waals surface area contributed by atoms with Crippen LogP contribution in [0, 0.1) is 19.3 Å². The van der Waals surface area contributed by atoms with Crippen molar-refractivity contribution >= 4 is 40.6 Å². The molecule has 1 aliphatic heterocycles. The molecule has 1 aliphatic carbocycles. The normalized spacial score (nSPS) is 21.1. The van der Waals surface area contributed by atoms with Gasteiger partial charge in [-0.05, 0) is 60.6 Å². The van der Waals surface area contributed by atoms with Crippen molar-refractivity contribution in [1.29, 1.82) is 0 Å². The van der Waals surface area contributed by atoms with Gasteiger partial charge >= 0.3 is 0 Å². The first-order valence-electron chi connectivity index (χ1n) is 10.2. The largest absolute Gasteiger partial charge is 0.294 e. The number of nitrogens with zero attached hydrogens (tertiary/aromatic N) is 1. The third-order valence-electron chi connectivity index (χ3n) is 6.30. The zero-order valence-corrected chi connectivity index (χ0v) is 19.2. The SMILES string of the molecule is Cc1cccc(N2C(=O)CC(c3ccc(Cl)cc3Cl)C3=C2CC(C)(C)CC3=O)c1C. The number of carbonyl (C=O) groups is 2. The van der Waals surface area contributed by atoms with E-state index in [0.29, 0.717) is 22.9 Å². The van der Waals surface area contributed by atoms with Crippen molar-refractivity contribution in [1.82, 2.24) is 0 Å². The Hall–Kier alpha value is -2.10. The standard InChI is InChI=1S/C25H25Cl2NO2/c1-14-6-5-7-20(15(14)2)28-21-12-25(3,4)13-22(29)24(21)18(11-23(28)30)17-9-8-16(26)10-19(17)27/h5-10,18H,11-13H2,1-4H3. The lowest BCUT2D eigenvalue weighted by Crippen LogP contribution is -2.44. The Morgan fingerprint density at radius 2 is 1.77 bits per heavy atom. The average Bonchev–Trinajstić information content (AvgIpc) is 2.63. The summed E-state index contributed by atoms with van der Waals surface area (Å²) in [6.45, 7) is 8.23. The molecule has 0 spiro atoms. The molecule has 2 aromatic rings. The van der Waals surface area contributed by atoms with Crippen molar-refractivity contribution in [3.63, 3.8) is 0 Å². The zero-order chi connectivity index (χ0) is 21.8. The van der Waals surface area contributed by atoms with E-state index in [1.54, 1.807) is 17.0 Å². The first kappa shape index (κ1) is 21.1. The van der Waals surface area contributed by atoms with Crippen LogP contribution in [0.4, 0.5) is 5.69 Å². The molecule has 30 heavy (non-hydrogen) atoms. The summed E-state index contributed by atoms with van der Waals surface area (Å²) in [6, 6.07) is 11.2. The molecule has 3 nitrogen and oxygen atoms in total. The molecule has 2 aliphatic rings. The number of anilines is 1. The molecule has 2 aromatic carbocycles. The summed E-state index contributed by atoms with van der Waals surface area (Å²) in [6.07, 6.45) is 1.33. The van der Waals surface area contributed by atoms with Gasteiger partial charge in [-0.3, -0.25) is 14.5 Å². The van der Waals surface area contributed by atoms with Crippen LogP contribution < -0.4 is 4.90 Å². The lowest BCUT2D eigenvalue weighted by Gasteiger charge is -2.43. The minimum Gasteiger partial charge on any atom is -0.294 e. The number of carbonyl (C=O) groups excluding carboxylic acids is 2. The summed E-state index contributed by atoms with van der Waals surface area (Å²) >= 11 is 12.6. The minimum atomic E-state index is -0.345. The zero-order valence-electron chi connectivity index (χ0n) is 17.7. The molecule has 0 bridgehead atoms. The second kappa shape index (κ2) is 7.55. The molecular weight excluding hydrogens is 417 g/mol. The highest BCUT2D eigenvalue weighted by Gasteiger charge is 2.45. The molecule has 156 valence electrons. The van der Waals surface area contributed by atoms with Gasteiger partial charge in [-0.1, -0.05) is 55.2 Å². The number of amides is 1. The van der Waals surface area contributed by atoms with Gasteiger partial charge in [-0.25, -0.2) is 0 Å². The van der Waals surface area contributed by atoms with E-state index in [2.05, 4.69) is 13.8 Å². The van der Waals surface area contributed by atoms with Crippen molar-refractivity contribution in [2.75, 3.05) is 4.90 Å². The third kappa shape index (κ3) is 3.59. The van der Waals surface area contributed by atoms with Crippen LogP contribution in [0.25, 0.3) is 0 Å². The summed E-state index contributed by atoms with van der Waals surface area (Å²) in [7, 11) is 0. The quantitative estimate of drug-likeness (QED) is 0.515. The first-order valence-corrected chi connectivity index (χ1v) is 10.9. The van der Waals surface area contributed by atoms with E-state index >= 15 is 0 Å². The van der Waals surface area contributed by atoms with Gasteiger partial charge in [-0.15, -0.1) is 0 Å². The molecule has 1 unspecified atom stereocenters. The van der Waals surface area contributed by atoms with E-state index in [0.717, 1.165) is 33.6 Å². The molecule has 1 heterocycles. The van der Waals surface area contributed by atoms with Crippen LogP contribution in [0.3, 0.4) is 0 Å². The highest BCUT2D eigenvalue weighted by Crippen LogP contribution is 2.49. The molecule has 1 atom stereocenters. The van der Waals surface area contributed by atoms with Crippen LogP contribution in [0.5, 0.6) is 0 Å². The predicted molar refractivity (Wildman–Crippen MR) is 122 cm³/mol. The Morgan fingerprint density at radius 1 is 1.03 bits per heavy atom. The van der Waals surface area contributed by atoms with E-state index in [9.17, 15) is 9.59 Å². The highest BCUT2D eigenvalue weighted by atomic mass is 35.5. The number of aryl methyl sites for hydroxylation is 1. The van der Waals surface area contributed by atoms with Gasteiger partial charge in [-0.2, -0.15) is 0 Å². The Bertz CT molecular complexity index is 1100. The Morgan fingerprint density at radius 3 is 2.47 bits per heavy atom. The monoisotopic (exact) mass is 441 g/mol. The number of hydrogen-bond acceptors (Lipinski definition) is 2. The lowest BCUT2D eigenvalue weighted by atomic mass is 9.69. The Labute approximate surface area is 187 Å². The van der Waals surface area contributed by atoms with Gasteiger partial charge in [0.1, 0.15) is 0 Å².